The number of urea groups is 1. The summed E-state index contributed by atoms with van der Waals surface area (Å²) in [6.07, 6.45) is 10.1. The fourth-order valence-electron chi connectivity index (χ4n) is 6.52. The summed E-state index contributed by atoms with van der Waals surface area (Å²) >= 11 is 0. The van der Waals surface area contributed by atoms with Crippen LogP contribution in [0.3, 0.4) is 0 Å². The van der Waals surface area contributed by atoms with Crippen molar-refractivity contribution < 1.29 is 14.3 Å². The Morgan fingerprint density at radius 2 is 1.97 bits per heavy atom. The molecule has 2 bridgehead atoms. The second-order valence-corrected chi connectivity index (χ2v) is 9.49. The van der Waals surface area contributed by atoms with Gasteiger partial charge in [0.1, 0.15) is 13.2 Å². The molecule has 5 aliphatic rings. The molecule has 6 heteroatoms. The molecule has 6 rings (SSSR count). The highest BCUT2D eigenvalue weighted by atomic mass is 16.6. The summed E-state index contributed by atoms with van der Waals surface area (Å²) in [5.74, 6) is 2.72. The number of benzene rings is 1. The number of ether oxygens (including phenoxy) is 2. The largest absolute Gasteiger partial charge is 0.486 e. The van der Waals surface area contributed by atoms with Gasteiger partial charge in [-0.25, -0.2) is 4.79 Å². The van der Waals surface area contributed by atoms with Crippen molar-refractivity contribution in [2.45, 2.75) is 50.6 Å². The van der Waals surface area contributed by atoms with Crippen LogP contribution in [-0.4, -0.2) is 60.8 Å². The Morgan fingerprint density at radius 1 is 1.07 bits per heavy atom. The average molecular weight is 410 g/mol. The predicted molar refractivity (Wildman–Crippen MR) is 115 cm³/mol. The van der Waals surface area contributed by atoms with E-state index in [-0.39, 0.29) is 12.1 Å². The molecule has 0 saturated carbocycles. The van der Waals surface area contributed by atoms with E-state index in [1.54, 1.807) is 0 Å². The van der Waals surface area contributed by atoms with Crippen LogP contribution >= 0.6 is 0 Å². The van der Waals surface area contributed by atoms with Crippen molar-refractivity contribution >= 4 is 11.7 Å². The van der Waals surface area contributed by atoms with Crippen molar-refractivity contribution in [3.63, 3.8) is 0 Å². The molecular weight excluding hydrogens is 378 g/mol. The molecule has 1 N–H and O–H groups in total. The minimum Gasteiger partial charge on any atom is -0.486 e. The molecule has 30 heavy (non-hydrogen) atoms. The number of anilines is 1. The lowest BCUT2D eigenvalue weighted by atomic mass is 9.68. The normalized spacial score (nSPS) is 32.5. The molecule has 1 aromatic rings. The highest BCUT2D eigenvalue weighted by molar-refractivity contribution is 5.90. The van der Waals surface area contributed by atoms with Crippen molar-refractivity contribution in [2.75, 3.05) is 38.2 Å². The fraction of sp³-hybridized carbons (Fsp3) is 0.625. The topological polar surface area (TPSA) is 54.0 Å². The second kappa shape index (κ2) is 7.49. The summed E-state index contributed by atoms with van der Waals surface area (Å²) < 4.78 is 11.3. The summed E-state index contributed by atoms with van der Waals surface area (Å²) in [5.41, 5.74) is 2.29. The van der Waals surface area contributed by atoms with Gasteiger partial charge < -0.3 is 19.7 Å². The Bertz CT molecular complexity index is 869. The maximum atomic E-state index is 13.3. The first-order valence-electron chi connectivity index (χ1n) is 11.7. The quantitative estimate of drug-likeness (QED) is 0.715. The Labute approximate surface area is 178 Å². The monoisotopic (exact) mass is 409 g/mol. The van der Waals surface area contributed by atoms with E-state index in [1.165, 1.54) is 37.8 Å². The zero-order chi connectivity index (χ0) is 20.1. The number of likely N-dealkylation sites (tertiary alicyclic amines) is 1. The highest BCUT2D eigenvalue weighted by Crippen LogP contribution is 2.45. The zero-order valence-corrected chi connectivity index (χ0v) is 17.5. The smallest absolute Gasteiger partial charge is 0.322 e. The second-order valence-electron chi connectivity index (χ2n) is 9.49. The third-order valence-electron chi connectivity index (χ3n) is 7.71. The van der Waals surface area contributed by atoms with Crippen molar-refractivity contribution in [3.8, 4) is 11.5 Å². The van der Waals surface area contributed by atoms with E-state index < -0.39 is 0 Å². The van der Waals surface area contributed by atoms with Crippen LogP contribution in [0.15, 0.2) is 29.8 Å². The maximum Gasteiger partial charge on any atom is 0.322 e. The van der Waals surface area contributed by atoms with E-state index in [1.807, 2.05) is 18.2 Å². The van der Waals surface area contributed by atoms with Crippen LogP contribution in [0.25, 0.3) is 0 Å². The van der Waals surface area contributed by atoms with E-state index in [9.17, 15) is 4.79 Å². The Morgan fingerprint density at radius 3 is 2.90 bits per heavy atom. The van der Waals surface area contributed by atoms with Gasteiger partial charge in [0.2, 0.25) is 0 Å². The van der Waals surface area contributed by atoms with Gasteiger partial charge in [0.05, 0.1) is 6.04 Å². The molecule has 2 amide bonds. The Kier molecular flexibility index (Phi) is 4.63. The minimum atomic E-state index is 0.0153. The number of hydrogen-bond acceptors (Lipinski definition) is 4. The average Bonchev–Trinajstić information content (AvgIpc) is 2.78. The van der Waals surface area contributed by atoms with Crippen LogP contribution < -0.4 is 14.8 Å². The van der Waals surface area contributed by atoms with Gasteiger partial charge in [0.25, 0.3) is 0 Å². The van der Waals surface area contributed by atoms with Crippen LogP contribution in [0.5, 0.6) is 11.5 Å². The molecule has 4 aliphatic heterocycles. The lowest BCUT2D eigenvalue weighted by Crippen LogP contribution is -2.60. The van der Waals surface area contributed by atoms with Crippen molar-refractivity contribution in [1.29, 1.82) is 0 Å². The molecule has 1 aliphatic carbocycles. The number of rotatable bonds is 1. The molecule has 160 valence electrons. The molecule has 4 heterocycles. The number of carbonyl (C=O) groups excluding carboxylic acids is 1. The van der Waals surface area contributed by atoms with Crippen molar-refractivity contribution in [3.05, 3.63) is 29.8 Å². The first-order chi connectivity index (χ1) is 14.8. The van der Waals surface area contributed by atoms with Crippen molar-refractivity contribution in [2.24, 2.45) is 11.8 Å². The van der Waals surface area contributed by atoms with Gasteiger partial charge in [-0.2, -0.15) is 0 Å². The Balaban J connectivity index is 1.23. The highest BCUT2D eigenvalue weighted by Gasteiger charge is 2.46. The van der Waals surface area contributed by atoms with Gasteiger partial charge in [-0.1, -0.05) is 18.1 Å². The minimum absolute atomic E-state index is 0.0153. The van der Waals surface area contributed by atoms with Crippen LogP contribution in [0.4, 0.5) is 10.5 Å². The summed E-state index contributed by atoms with van der Waals surface area (Å²) in [6, 6.07) is 6.68. The van der Waals surface area contributed by atoms with Crippen LogP contribution in [0, 0.1) is 11.8 Å². The van der Waals surface area contributed by atoms with E-state index >= 15 is 0 Å². The standard InChI is InChI=1S/C24H31N3O3/c28-24(25-19-6-7-21-22(14-19)30-11-10-29-21)27-9-3-4-16-12-17-13-18(23(16)27)15-26-8-2-1-5-20(17)26/h6-7,12,14,17-18,20,23H,1-5,8-11,13,15H2,(H,25,28)/t17-,18-,20+,23-/m0/s1. The van der Waals surface area contributed by atoms with E-state index in [0.29, 0.717) is 30.8 Å². The molecule has 6 nitrogen and oxygen atoms in total. The Hall–Kier alpha value is -2.21. The van der Waals surface area contributed by atoms with E-state index in [0.717, 1.165) is 43.4 Å². The lowest BCUT2D eigenvalue weighted by molar-refractivity contribution is 0.00908. The number of piperidine rings is 3. The van der Waals surface area contributed by atoms with Crippen LogP contribution in [0.1, 0.15) is 38.5 Å². The maximum absolute atomic E-state index is 13.3. The molecule has 4 atom stereocenters. The molecular formula is C24H31N3O3. The fourth-order valence-corrected chi connectivity index (χ4v) is 6.52. The molecule has 3 fully saturated rings. The molecule has 1 aromatic carbocycles. The van der Waals surface area contributed by atoms with E-state index in [4.69, 9.17) is 9.47 Å². The summed E-state index contributed by atoms with van der Waals surface area (Å²) in [4.78, 5) is 18.2. The third kappa shape index (κ3) is 3.16. The van der Waals surface area contributed by atoms with Gasteiger partial charge in [-0.05, 0) is 62.6 Å². The van der Waals surface area contributed by atoms with Crippen LogP contribution in [-0.2, 0) is 0 Å². The number of hydrogen-bond donors (Lipinski definition) is 1. The van der Waals surface area contributed by atoms with Crippen LogP contribution in [0.2, 0.25) is 0 Å². The molecule has 0 unspecified atom stereocenters. The van der Waals surface area contributed by atoms with E-state index in [2.05, 4.69) is 21.2 Å². The summed E-state index contributed by atoms with van der Waals surface area (Å²) in [6.45, 7) is 4.34. The van der Waals surface area contributed by atoms with Gasteiger partial charge in [-0.15, -0.1) is 0 Å². The number of nitrogens with zero attached hydrogens (tertiary/aromatic N) is 2. The molecule has 0 radical (unpaired) electrons. The van der Waals surface area contributed by atoms with Crippen molar-refractivity contribution in [1.82, 2.24) is 9.80 Å². The third-order valence-corrected chi connectivity index (χ3v) is 7.71. The molecule has 0 aromatic heterocycles. The van der Waals surface area contributed by atoms with Gasteiger partial charge in [-0.3, -0.25) is 4.90 Å². The first kappa shape index (κ1) is 18.6. The number of amides is 2. The summed E-state index contributed by atoms with van der Waals surface area (Å²) in [7, 11) is 0. The zero-order valence-electron chi connectivity index (χ0n) is 17.5. The number of fused-ring (bicyclic) bond motifs is 7. The molecule has 3 saturated heterocycles. The SMILES string of the molecule is O=C(Nc1ccc2c(c1)OCCO2)N1CCCC2=C[C@H]3C[C@@H](CN4CCCC[C@H]34)[C@H]21. The van der Waals surface area contributed by atoms with Gasteiger partial charge in [0.15, 0.2) is 11.5 Å². The van der Waals surface area contributed by atoms with Gasteiger partial charge >= 0.3 is 6.03 Å². The molecule has 0 spiro atoms. The summed E-state index contributed by atoms with van der Waals surface area (Å²) in [5, 5.41) is 3.14. The van der Waals surface area contributed by atoms with Gasteiger partial charge in [0, 0.05) is 30.9 Å². The number of carbonyl (C=O) groups is 1. The first-order valence-corrected chi connectivity index (χ1v) is 11.7. The number of nitrogens with one attached hydrogen (secondary N) is 1. The predicted octanol–water partition coefficient (Wildman–Crippen LogP) is 3.88. The lowest BCUT2D eigenvalue weighted by Gasteiger charge is -2.54.